The topological polar surface area (TPSA) is 119 Å². The predicted molar refractivity (Wildman–Crippen MR) is 111 cm³/mol. The molecule has 0 radical (unpaired) electrons. The largest absolute Gasteiger partial charge is 0.483 e. The fraction of sp³-hybridized carbons (Fsp3) is 0.100. The molecule has 1 saturated heterocycles. The molecule has 1 heterocycles. The molecular weight excluding hydrogens is 433 g/mol. The number of imide groups is 2. The first kappa shape index (κ1) is 21.4. The van der Waals surface area contributed by atoms with Gasteiger partial charge in [-0.25, -0.2) is 9.69 Å². The predicted octanol–water partition coefficient (Wildman–Crippen LogP) is 2.83. The molecule has 2 aromatic rings. The third kappa shape index (κ3) is 4.45. The summed E-state index contributed by atoms with van der Waals surface area (Å²) in [7, 11) is 0. The van der Waals surface area contributed by atoms with Gasteiger partial charge < -0.3 is 10.5 Å². The standard InChI is InChI=1S/C20H15Cl2N3O5/c1-10-2-3-13(22)8-15(10)25-19(28)14(18(27)24-20(25)29)7-11-6-12(21)4-5-16(11)30-9-17(23)26/h2-8H,9H2,1H3,(H2,23,26)(H,24,27,29)/b14-7+. The highest BCUT2D eigenvalue weighted by atomic mass is 35.5. The number of amides is 5. The summed E-state index contributed by atoms with van der Waals surface area (Å²) in [6.45, 7) is 1.28. The number of nitrogens with two attached hydrogens (primary N) is 1. The Morgan fingerprint density at radius 1 is 1.13 bits per heavy atom. The molecule has 8 nitrogen and oxygen atoms in total. The normalized spacial score (nSPS) is 15.4. The molecular formula is C20H15Cl2N3O5. The molecule has 0 spiro atoms. The molecule has 0 aromatic heterocycles. The Balaban J connectivity index is 2.06. The number of nitrogens with zero attached hydrogens (tertiary/aromatic N) is 1. The van der Waals surface area contributed by atoms with Gasteiger partial charge in [0.25, 0.3) is 17.7 Å². The van der Waals surface area contributed by atoms with E-state index in [1.165, 1.54) is 30.3 Å². The van der Waals surface area contributed by atoms with Gasteiger partial charge in [0.1, 0.15) is 11.3 Å². The van der Waals surface area contributed by atoms with Crippen LogP contribution in [0.3, 0.4) is 0 Å². The van der Waals surface area contributed by atoms with Crippen LogP contribution in [0.5, 0.6) is 5.75 Å². The van der Waals surface area contributed by atoms with Gasteiger partial charge in [0.15, 0.2) is 6.61 Å². The zero-order valence-corrected chi connectivity index (χ0v) is 17.1. The fourth-order valence-corrected chi connectivity index (χ4v) is 3.11. The van der Waals surface area contributed by atoms with Gasteiger partial charge in [-0.1, -0.05) is 29.3 Å². The maximum absolute atomic E-state index is 13.1. The van der Waals surface area contributed by atoms with Gasteiger partial charge in [0.2, 0.25) is 0 Å². The molecule has 0 saturated carbocycles. The zero-order chi connectivity index (χ0) is 22.0. The molecule has 2 aromatic carbocycles. The minimum absolute atomic E-state index is 0.175. The van der Waals surface area contributed by atoms with Crippen molar-refractivity contribution in [1.29, 1.82) is 0 Å². The molecule has 3 rings (SSSR count). The van der Waals surface area contributed by atoms with E-state index in [0.717, 1.165) is 4.90 Å². The SMILES string of the molecule is Cc1ccc(Cl)cc1N1C(=O)NC(=O)/C(=C\c2cc(Cl)ccc2OCC(N)=O)C1=O. The fourth-order valence-electron chi connectivity index (χ4n) is 2.77. The summed E-state index contributed by atoms with van der Waals surface area (Å²) in [5, 5.41) is 2.74. The summed E-state index contributed by atoms with van der Waals surface area (Å²) < 4.78 is 5.31. The van der Waals surface area contributed by atoms with Crippen LogP contribution in [0.2, 0.25) is 10.0 Å². The number of hydrogen-bond donors (Lipinski definition) is 2. The Morgan fingerprint density at radius 2 is 1.80 bits per heavy atom. The van der Waals surface area contributed by atoms with E-state index in [9.17, 15) is 19.2 Å². The number of primary amides is 1. The third-order valence-electron chi connectivity index (χ3n) is 4.16. The number of benzene rings is 2. The van der Waals surface area contributed by atoms with Crippen molar-refractivity contribution >= 4 is 58.7 Å². The lowest BCUT2D eigenvalue weighted by molar-refractivity contribution is -0.123. The lowest BCUT2D eigenvalue weighted by Gasteiger charge is -2.27. The van der Waals surface area contributed by atoms with E-state index in [2.05, 4.69) is 5.32 Å². The summed E-state index contributed by atoms with van der Waals surface area (Å²) >= 11 is 12.0. The average molecular weight is 448 g/mol. The molecule has 0 unspecified atom stereocenters. The first-order chi connectivity index (χ1) is 14.2. The van der Waals surface area contributed by atoms with E-state index in [1.807, 2.05) is 0 Å². The minimum Gasteiger partial charge on any atom is -0.483 e. The average Bonchev–Trinajstić information content (AvgIpc) is 2.67. The van der Waals surface area contributed by atoms with E-state index in [-0.39, 0.29) is 22.6 Å². The monoisotopic (exact) mass is 447 g/mol. The molecule has 30 heavy (non-hydrogen) atoms. The number of ether oxygens (including phenoxy) is 1. The van der Waals surface area contributed by atoms with Gasteiger partial charge in [-0.15, -0.1) is 0 Å². The summed E-state index contributed by atoms with van der Waals surface area (Å²) in [6, 6.07) is 8.22. The molecule has 1 fully saturated rings. The first-order valence-electron chi connectivity index (χ1n) is 8.55. The second-order valence-electron chi connectivity index (χ2n) is 6.33. The van der Waals surface area contributed by atoms with Crippen molar-refractivity contribution in [3.63, 3.8) is 0 Å². The number of urea groups is 1. The third-order valence-corrected chi connectivity index (χ3v) is 4.63. The van der Waals surface area contributed by atoms with Crippen LogP contribution in [0.4, 0.5) is 10.5 Å². The van der Waals surface area contributed by atoms with E-state index in [1.54, 1.807) is 19.1 Å². The molecule has 0 atom stereocenters. The number of anilines is 1. The van der Waals surface area contributed by atoms with Crippen LogP contribution in [0.1, 0.15) is 11.1 Å². The molecule has 3 N–H and O–H groups in total. The molecule has 5 amide bonds. The Labute approximate surface area is 181 Å². The second kappa shape index (κ2) is 8.56. The van der Waals surface area contributed by atoms with Crippen LogP contribution < -0.4 is 20.7 Å². The molecule has 154 valence electrons. The maximum Gasteiger partial charge on any atom is 0.335 e. The van der Waals surface area contributed by atoms with Crippen molar-refractivity contribution in [2.45, 2.75) is 6.92 Å². The molecule has 0 aliphatic carbocycles. The quantitative estimate of drug-likeness (QED) is 0.539. The molecule has 1 aliphatic heterocycles. The summed E-state index contributed by atoms with van der Waals surface area (Å²) in [5.41, 5.74) is 5.85. The number of rotatable bonds is 5. The number of barbiturate groups is 1. The Hall–Kier alpha value is -3.36. The summed E-state index contributed by atoms with van der Waals surface area (Å²) in [6.07, 6.45) is 1.22. The van der Waals surface area contributed by atoms with Crippen LogP contribution in [0.15, 0.2) is 42.0 Å². The Bertz CT molecular complexity index is 1110. The highest BCUT2D eigenvalue weighted by Gasteiger charge is 2.37. The molecule has 1 aliphatic rings. The number of carbonyl (C=O) groups is 4. The highest BCUT2D eigenvalue weighted by Crippen LogP contribution is 2.30. The second-order valence-corrected chi connectivity index (χ2v) is 7.20. The van der Waals surface area contributed by atoms with Crippen LogP contribution >= 0.6 is 23.2 Å². The van der Waals surface area contributed by atoms with Gasteiger partial charge in [0.05, 0.1) is 5.69 Å². The van der Waals surface area contributed by atoms with Crippen molar-refractivity contribution in [3.05, 3.63) is 63.1 Å². The smallest absolute Gasteiger partial charge is 0.335 e. The van der Waals surface area contributed by atoms with E-state index < -0.39 is 30.4 Å². The zero-order valence-electron chi connectivity index (χ0n) is 15.6. The molecule has 10 heteroatoms. The Kier molecular flexibility index (Phi) is 6.09. The number of nitrogens with one attached hydrogen (secondary N) is 1. The van der Waals surface area contributed by atoms with E-state index >= 15 is 0 Å². The Morgan fingerprint density at radius 3 is 2.50 bits per heavy atom. The summed E-state index contributed by atoms with van der Waals surface area (Å²) in [4.78, 5) is 49.7. The van der Waals surface area contributed by atoms with Gasteiger partial charge in [-0.2, -0.15) is 0 Å². The van der Waals surface area contributed by atoms with Gasteiger partial charge >= 0.3 is 6.03 Å². The van der Waals surface area contributed by atoms with Crippen LogP contribution in [-0.4, -0.2) is 30.4 Å². The van der Waals surface area contributed by atoms with Gasteiger partial charge in [-0.3, -0.25) is 19.7 Å². The van der Waals surface area contributed by atoms with Crippen molar-refractivity contribution in [3.8, 4) is 5.75 Å². The number of hydrogen-bond acceptors (Lipinski definition) is 5. The van der Waals surface area contributed by atoms with Crippen molar-refractivity contribution in [2.24, 2.45) is 5.73 Å². The van der Waals surface area contributed by atoms with Crippen LogP contribution in [-0.2, 0) is 14.4 Å². The van der Waals surface area contributed by atoms with Crippen molar-refractivity contribution in [2.75, 3.05) is 11.5 Å². The van der Waals surface area contributed by atoms with Crippen molar-refractivity contribution < 1.29 is 23.9 Å². The highest BCUT2D eigenvalue weighted by molar-refractivity contribution is 6.40. The number of aryl methyl sites for hydroxylation is 1. The van der Waals surface area contributed by atoms with E-state index in [0.29, 0.717) is 15.6 Å². The van der Waals surface area contributed by atoms with Gasteiger partial charge in [-0.05, 0) is 48.9 Å². The van der Waals surface area contributed by atoms with Crippen molar-refractivity contribution in [1.82, 2.24) is 5.32 Å². The lowest BCUT2D eigenvalue weighted by atomic mass is 10.0. The summed E-state index contributed by atoms with van der Waals surface area (Å²) in [5.74, 6) is -2.27. The number of halogens is 2. The van der Waals surface area contributed by atoms with Gasteiger partial charge in [0, 0.05) is 15.6 Å². The number of carbonyl (C=O) groups excluding carboxylic acids is 4. The lowest BCUT2D eigenvalue weighted by Crippen LogP contribution is -2.54. The van der Waals surface area contributed by atoms with E-state index in [4.69, 9.17) is 33.7 Å². The van der Waals surface area contributed by atoms with Crippen LogP contribution in [0, 0.1) is 6.92 Å². The minimum atomic E-state index is -0.899. The maximum atomic E-state index is 13.1. The van der Waals surface area contributed by atoms with Crippen LogP contribution in [0.25, 0.3) is 6.08 Å². The molecule has 0 bridgehead atoms. The first-order valence-corrected chi connectivity index (χ1v) is 9.31.